The molecule has 1 unspecified atom stereocenters. The first-order valence-electron chi connectivity index (χ1n) is 21.1. The topological polar surface area (TPSA) is 169 Å². The van der Waals surface area contributed by atoms with Crippen molar-refractivity contribution in [3.05, 3.63) is 108 Å². The molecule has 58 heavy (non-hydrogen) atoms. The van der Waals surface area contributed by atoms with E-state index < -0.39 is 36.7 Å². The lowest BCUT2D eigenvalue weighted by Gasteiger charge is -2.33. The lowest BCUT2D eigenvalue weighted by atomic mass is 9.85. The molecule has 0 bridgehead atoms. The highest BCUT2D eigenvalue weighted by Gasteiger charge is 2.40. The second-order valence-corrected chi connectivity index (χ2v) is 16.1. The van der Waals surface area contributed by atoms with E-state index in [0.29, 0.717) is 51.0 Å². The van der Waals surface area contributed by atoms with Crippen LogP contribution in [0.4, 0.5) is 10.5 Å². The summed E-state index contributed by atoms with van der Waals surface area (Å²) in [6.07, 6.45) is 9.86. The molecule has 312 valence electrons. The number of nitrogens with one attached hydrogen (secondary N) is 3. The number of alkyl carbamates (subject to hydrolysis) is 1. The minimum absolute atomic E-state index is 0.0672. The van der Waals surface area contributed by atoms with Crippen LogP contribution in [0.2, 0.25) is 0 Å². The van der Waals surface area contributed by atoms with Crippen molar-refractivity contribution < 1.29 is 34.4 Å². The van der Waals surface area contributed by atoms with Crippen molar-refractivity contribution in [2.75, 3.05) is 18.4 Å². The monoisotopic (exact) mass is 795 g/mol. The maximum absolute atomic E-state index is 12.5. The Bertz CT molecular complexity index is 1900. The first-order valence-corrected chi connectivity index (χ1v) is 21.1. The second-order valence-electron chi connectivity index (χ2n) is 16.1. The molecule has 12 nitrogen and oxygen atoms in total. The Hall–Kier alpha value is -4.75. The van der Waals surface area contributed by atoms with E-state index in [-0.39, 0.29) is 24.8 Å². The van der Waals surface area contributed by atoms with Gasteiger partial charge in [-0.15, -0.1) is 0 Å². The van der Waals surface area contributed by atoms with E-state index in [2.05, 4.69) is 68.2 Å². The van der Waals surface area contributed by atoms with E-state index in [1.54, 1.807) is 0 Å². The fraction of sp³-hybridized carbons (Fsp3) is 0.500. The molecule has 1 aliphatic heterocycles. The second kappa shape index (κ2) is 21.9. The SMILES string of the molecule is CC(OC(=O)CCC/C=C/C[C@@H]1[C@@H](CC[C@@H](O)CCc2ccccc2)[C@H](O)C[C@@H]1O)OC(=O)NCc1cccc(CN2CCC[C@H](Nc3ccc4[nH]ncc4c3)C2)c1. The van der Waals surface area contributed by atoms with Gasteiger partial charge in [0.05, 0.1) is 30.0 Å². The molecule has 7 atom stereocenters. The van der Waals surface area contributed by atoms with E-state index >= 15 is 0 Å². The molecule has 1 aromatic heterocycles. The van der Waals surface area contributed by atoms with E-state index in [1.165, 1.54) is 18.1 Å². The number of hydrogen-bond donors (Lipinski definition) is 6. The number of anilines is 1. The fourth-order valence-corrected chi connectivity index (χ4v) is 8.46. The Morgan fingerprint density at radius 3 is 2.64 bits per heavy atom. The third-order valence-electron chi connectivity index (χ3n) is 11.5. The summed E-state index contributed by atoms with van der Waals surface area (Å²) in [7, 11) is 0. The largest absolute Gasteiger partial charge is 0.425 e. The number of piperidine rings is 1. The third kappa shape index (κ3) is 13.4. The summed E-state index contributed by atoms with van der Waals surface area (Å²) in [4.78, 5) is 27.4. The van der Waals surface area contributed by atoms with E-state index in [1.807, 2.05) is 48.7 Å². The van der Waals surface area contributed by atoms with Gasteiger partial charge in [-0.2, -0.15) is 5.10 Å². The third-order valence-corrected chi connectivity index (χ3v) is 11.5. The predicted octanol–water partition coefficient (Wildman–Crippen LogP) is 7.00. The van der Waals surface area contributed by atoms with E-state index in [4.69, 9.17) is 9.47 Å². The Labute approximate surface area is 342 Å². The highest BCUT2D eigenvalue weighted by atomic mass is 16.7. The number of likely N-dealkylation sites (tertiary alicyclic amines) is 1. The maximum Gasteiger partial charge on any atom is 0.410 e. The molecular weight excluding hydrogens is 735 g/mol. The number of carbonyl (C=O) groups excluding carboxylic acids is 2. The number of benzene rings is 3. The van der Waals surface area contributed by atoms with Crippen molar-refractivity contribution in [1.29, 1.82) is 0 Å². The fourth-order valence-electron chi connectivity index (χ4n) is 8.46. The number of hydrogen-bond acceptors (Lipinski definition) is 10. The van der Waals surface area contributed by atoms with Crippen LogP contribution in [-0.2, 0) is 33.8 Å². The number of fused-ring (bicyclic) bond motifs is 1. The van der Waals surface area contributed by atoms with Crippen LogP contribution in [0.5, 0.6) is 0 Å². The maximum atomic E-state index is 12.5. The van der Waals surface area contributed by atoms with Crippen molar-refractivity contribution in [2.24, 2.45) is 11.8 Å². The molecule has 6 rings (SSSR count). The zero-order valence-corrected chi connectivity index (χ0v) is 33.7. The Balaban J connectivity index is 0.829. The predicted molar refractivity (Wildman–Crippen MR) is 225 cm³/mol. The minimum atomic E-state index is -1.03. The molecule has 12 heteroatoms. The van der Waals surface area contributed by atoms with Crippen molar-refractivity contribution in [3.63, 3.8) is 0 Å². The first-order chi connectivity index (χ1) is 28.2. The molecule has 1 aliphatic carbocycles. The average Bonchev–Trinajstić information content (AvgIpc) is 3.79. The van der Waals surface area contributed by atoms with E-state index in [9.17, 15) is 24.9 Å². The average molecular weight is 796 g/mol. The number of aromatic nitrogens is 2. The normalized spacial score (nSPS) is 22.2. The van der Waals surface area contributed by atoms with Gasteiger partial charge >= 0.3 is 12.1 Å². The van der Waals surface area contributed by atoms with Crippen molar-refractivity contribution in [2.45, 2.75) is 121 Å². The van der Waals surface area contributed by atoms with Gasteiger partial charge in [0.25, 0.3) is 0 Å². The number of esters is 1. The number of rotatable bonds is 20. The molecule has 6 N–H and O–H groups in total. The number of aliphatic hydroxyl groups is 3. The van der Waals surface area contributed by atoms with Crippen LogP contribution in [0.1, 0.15) is 87.8 Å². The van der Waals surface area contributed by atoms with Gasteiger partial charge in [0.15, 0.2) is 0 Å². The summed E-state index contributed by atoms with van der Waals surface area (Å²) in [5, 5.41) is 46.5. The molecule has 2 aliphatic rings. The molecule has 0 spiro atoms. The number of unbranched alkanes of at least 4 members (excludes halogenated alkanes) is 1. The Morgan fingerprint density at radius 1 is 0.966 bits per heavy atom. The molecule has 1 amide bonds. The molecule has 2 heterocycles. The Morgan fingerprint density at radius 2 is 1.78 bits per heavy atom. The summed E-state index contributed by atoms with van der Waals surface area (Å²) in [6, 6.07) is 24.9. The van der Waals surface area contributed by atoms with Gasteiger partial charge in [-0.25, -0.2) is 4.79 Å². The number of aromatic amines is 1. The number of nitrogens with zero attached hydrogens (tertiary/aromatic N) is 2. The van der Waals surface area contributed by atoms with Crippen LogP contribution < -0.4 is 10.6 Å². The summed E-state index contributed by atoms with van der Waals surface area (Å²) in [5.41, 5.74) is 5.45. The number of carbonyl (C=O) groups is 2. The molecule has 1 saturated heterocycles. The van der Waals surface area contributed by atoms with Crippen LogP contribution >= 0.6 is 0 Å². The van der Waals surface area contributed by atoms with Crippen molar-refractivity contribution in [1.82, 2.24) is 20.4 Å². The van der Waals surface area contributed by atoms with Crippen LogP contribution in [0.15, 0.2) is 91.1 Å². The first kappa shape index (κ1) is 42.8. The van der Waals surface area contributed by atoms with E-state index in [0.717, 1.165) is 61.1 Å². The zero-order chi connectivity index (χ0) is 40.7. The molecule has 4 aromatic rings. The summed E-state index contributed by atoms with van der Waals surface area (Å²) < 4.78 is 10.6. The number of allylic oxidation sites excluding steroid dienone is 2. The van der Waals surface area contributed by atoms with Gasteiger partial charge in [-0.05, 0) is 117 Å². The number of H-pyrrole nitrogens is 1. The smallest absolute Gasteiger partial charge is 0.410 e. The lowest BCUT2D eigenvalue weighted by molar-refractivity contribution is -0.164. The van der Waals surface area contributed by atoms with Crippen molar-refractivity contribution >= 4 is 28.7 Å². The number of aryl methyl sites for hydroxylation is 1. The van der Waals surface area contributed by atoms with Crippen LogP contribution in [0.3, 0.4) is 0 Å². The lowest BCUT2D eigenvalue weighted by Crippen LogP contribution is -2.41. The van der Waals surface area contributed by atoms with Crippen molar-refractivity contribution in [3.8, 4) is 0 Å². The van der Waals surface area contributed by atoms with Gasteiger partial charge < -0.3 is 35.4 Å². The summed E-state index contributed by atoms with van der Waals surface area (Å²) in [6.45, 7) is 4.59. The molecule has 1 saturated carbocycles. The van der Waals surface area contributed by atoms with Gasteiger partial charge in [-0.3, -0.25) is 14.8 Å². The number of amides is 1. The highest BCUT2D eigenvalue weighted by molar-refractivity contribution is 5.81. The van der Waals surface area contributed by atoms with Gasteiger partial charge in [0.2, 0.25) is 6.29 Å². The molecular formula is C46H61N5O7. The summed E-state index contributed by atoms with van der Waals surface area (Å²) >= 11 is 0. The molecule has 2 fully saturated rings. The quantitative estimate of drug-likeness (QED) is 0.0237. The highest BCUT2D eigenvalue weighted by Crippen LogP contribution is 2.38. The van der Waals surface area contributed by atoms with Gasteiger partial charge in [-0.1, -0.05) is 66.7 Å². The minimum Gasteiger partial charge on any atom is -0.425 e. The van der Waals surface area contributed by atoms with Crippen LogP contribution in [0, 0.1) is 11.8 Å². The molecule has 0 radical (unpaired) electrons. The standard InChI is InChI=1S/C46H61N5O7/c1-32(57-45(55)17-8-3-2-7-16-40-41(44(54)27-43(40)53)22-21-39(52)20-18-33-11-5-4-6-12-33)58-46(56)47-28-34-13-9-14-35(25-34)30-51-24-10-15-38(31-51)49-37-19-23-42-36(26-37)29-48-50-42/h2,4-7,9,11-14,19,23,25-26,29,32,38-41,43-44,49,52-54H,3,8,10,15-18,20-22,24,27-28,30-31H2,1H3,(H,47,56)(H,48,50)/b7-2+/t32?,38-,39-,40+,41+,43-,44+/m0/s1. The zero-order valence-electron chi connectivity index (χ0n) is 33.7. The van der Waals surface area contributed by atoms with Gasteiger partial charge in [0.1, 0.15) is 0 Å². The number of aliphatic hydroxyl groups excluding tert-OH is 3. The summed E-state index contributed by atoms with van der Waals surface area (Å²) in [5.74, 6) is -0.588. The number of ether oxygens (including phenoxy) is 2. The molecule has 3 aromatic carbocycles. The van der Waals surface area contributed by atoms with Crippen LogP contribution in [-0.4, -0.2) is 86.2 Å². The van der Waals surface area contributed by atoms with Crippen LogP contribution in [0.25, 0.3) is 10.9 Å². The Kier molecular flexibility index (Phi) is 16.1. The van der Waals surface area contributed by atoms with Gasteiger partial charge in [0, 0.05) is 50.1 Å².